The molecule has 1 fully saturated rings. The number of rotatable bonds is 11. The summed E-state index contributed by atoms with van der Waals surface area (Å²) in [5, 5.41) is 19.4. The highest BCUT2D eigenvalue weighted by atomic mass is 32.2. The number of benzene rings is 2. The average molecular weight is 476 g/mol. The molecule has 2 unspecified atom stereocenters. The molecule has 6 nitrogen and oxygen atoms in total. The van der Waals surface area contributed by atoms with E-state index in [0.29, 0.717) is 36.0 Å². The molecule has 1 saturated heterocycles. The van der Waals surface area contributed by atoms with Gasteiger partial charge in [-0.25, -0.2) is 4.79 Å². The van der Waals surface area contributed by atoms with Crippen LogP contribution in [0.5, 0.6) is 0 Å². The second kappa shape index (κ2) is 12.2. The Morgan fingerprint density at radius 1 is 1.28 bits per heavy atom. The Morgan fingerprint density at radius 2 is 2.06 bits per heavy atom. The van der Waals surface area contributed by atoms with Crippen molar-refractivity contribution in [2.24, 2.45) is 0 Å². The first-order valence-electron chi connectivity index (χ1n) is 10.8. The molecule has 8 heteroatoms. The number of nitrogens with one attached hydrogen (secondary N) is 3. The lowest BCUT2D eigenvalue weighted by Crippen LogP contribution is -2.41. The maximum absolute atomic E-state index is 13.2. The molecule has 0 aliphatic carbocycles. The Hall–Kier alpha value is -2.16. The lowest BCUT2D eigenvalue weighted by molar-refractivity contribution is -0.139. The summed E-state index contributed by atoms with van der Waals surface area (Å²) < 4.78 is 0. The number of thioether (sulfide) groups is 1. The summed E-state index contributed by atoms with van der Waals surface area (Å²) >= 11 is 6.18. The highest BCUT2D eigenvalue weighted by Gasteiger charge is 2.24. The van der Waals surface area contributed by atoms with E-state index in [1.165, 1.54) is 0 Å². The van der Waals surface area contributed by atoms with Crippen molar-refractivity contribution in [1.29, 1.82) is 0 Å². The summed E-state index contributed by atoms with van der Waals surface area (Å²) in [6, 6.07) is 15.0. The van der Waals surface area contributed by atoms with Crippen LogP contribution in [0.4, 0.5) is 5.69 Å². The molecule has 2 aromatic rings. The van der Waals surface area contributed by atoms with Crippen LogP contribution >= 0.6 is 24.4 Å². The van der Waals surface area contributed by atoms with Crippen molar-refractivity contribution in [3.8, 4) is 0 Å². The minimum Gasteiger partial charge on any atom is -0.480 e. The number of aliphatic carboxylic acids is 1. The van der Waals surface area contributed by atoms with Crippen molar-refractivity contribution in [2.45, 2.75) is 36.6 Å². The van der Waals surface area contributed by atoms with Crippen LogP contribution in [0.25, 0.3) is 0 Å². The van der Waals surface area contributed by atoms with Gasteiger partial charge in [0, 0.05) is 30.5 Å². The monoisotopic (exact) mass is 475 g/mol. The predicted molar refractivity (Wildman–Crippen MR) is 137 cm³/mol. The first-order valence-corrected chi connectivity index (χ1v) is 12.7. The Bertz CT molecular complexity index is 917. The van der Waals surface area contributed by atoms with Crippen LogP contribution in [-0.2, 0) is 11.2 Å². The normalized spacial score (nSPS) is 18.8. The van der Waals surface area contributed by atoms with Crippen molar-refractivity contribution in [2.75, 3.05) is 30.4 Å². The molecule has 0 spiro atoms. The van der Waals surface area contributed by atoms with Crippen LogP contribution in [0, 0.1) is 0 Å². The number of carboxylic acids is 1. The number of carbonyl (C=O) groups is 2. The largest absolute Gasteiger partial charge is 0.480 e. The molecule has 32 heavy (non-hydrogen) atoms. The quantitative estimate of drug-likeness (QED) is 0.320. The van der Waals surface area contributed by atoms with Gasteiger partial charge < -0.3 is 21.1 Å². The van der Waals surface area contributed by atoms with Crippen molar-refractivity contribution < 1.29 is 16.1 Å². The summed E-state index contributed by atoms with van der Waals surface area (Å²) in [6.45, 7) is 1.66. The fourth-order valence-electron chi connectivity index (χ4n) is 3.79. The topological polar surface area (TPSA) is 90.5 Å². The van der Waals surface area contributed by atoms with Gasteiger partial charge in [-0.3, -0.25) is 4.79 Å². The van der Waals surface area contributed by atoms with Crippen molar-refractivity contribution in [3.05, 3.63) is 65.2 Å². The Morgan fingerprint density at radius 3 is 2.72 bits per heavy atom. The van der Waals surface area contributed by atoms with Gasteiger partial charge in [-0.15, -0.1) is 0 Å². The van der Waals surface area contributed by atoms with E-state index in [2.05, 4.69) is 28.6 Å². The zero-order valence-corrected chi connectivity index (χ0v) is 19.9. The van der Waals surface area contributed by atoms with E-state index in [4.69, 9.17) is 0 Å². The van der Waals surface area contributed by atoms with Gasteiger partial charge in [0.05, 0.1) is 0 Å². The number of carbonyl (C=O) groups excluding carboxylic acids is 1. The summed E-state index contributed by atoms with van der Waals surface area (Å²) in [6.07, 6.45) is 3.92. The van der Waals surface area contributed by atoms with E-state index in [1.807, 2.05) is 54.8 Å². The minimum atomic E-state index is -1.02. The second-order valence-electron chi connectivity index (χ2n) is 7.98. The Kier molecular flexibility index (Phi) is 9.32. The standard InChI is InChI=1S/C24H31N3O3S2.H2/c1-32-12-10-20(24(29)30)27-23(28)19-14-18(26-15-21-22(31)9-11-25-21)8-7-17(19)13-16-5-3-2-4-6-16;/h2-8,14,20-22,25-26,31H,9-13,15H2,1H3,(H,27,28)(H,29,30);1H/t20-,21?,22?;/m0./s1. The summed E-state index contributed by atoms with van der Waals surface area (Å²) in [7, 11) is 0. The summed E-state index contributed by atoms with van der Waals surface area (Å²) in [5.41, 5.74) is 3.28. The predicted octanol–water partition coefficient (Wildman–Crippen LogP) is 3.53. The van der Waals surface area contributed by atoms with E-state index in [1.54, 1.807) is 11.8 Å². The van der Waals surface area contributed by atoms with Crippen molar-refractivity contribution in [1.82, 2.24) is 10.6 Å². The van der Waals surface area contributed by atoms with Gasteiger partial charge >= 0.3 is 5.97 Å². The fraction of sp³-hybridized carbons (Fsp3) is 0.417. The molecule has 4 N–H and O–H groups in total. The van der Waals surface area contributed by atoms with Gasteiger partial charge in [0.25, 0.3) is 5.91 Å². The maximum Gasteiger partial charge on any atom is 0.326 e. The molecule has 0 radical (unpaired) electrons. The van der Waals surface area contributed by atoms with Gasteiger partial charge in [0.1, 0.15) is 6.04 Å². The van der Waals surface area contributed by atoms with Crippen LogP contribution in [0.2, 0.25) is 0 Å². The number of hydrogen-bond acceptors (Lipinski definition) is 6. The van der Waals surface area contributed by atoms with Gasteiger partial charge in [0.15, 0.2) is 0 Å². The van der Waals surface area contributed by atoms with Crippen LogP contribution < -0.4 is 16.0 Å². The second-order valence-corrected chi connectivity index (χ2v) is 9.63. The summed E-state index contributed by atoms with van der Waals surface area (Å²) in [4.78, 5) is 24.8. The highest BCUT2D eigenvalue weighted by Crippen LogP contribution is 2.21. The van der Waals surface area contributed by atoms with E-state index in [0.717, 1.165) is 29.8 Å². The zero-order chi connectivity index (χ0) is 22.9. The molecule has 2 aromatic carbocycles. The molecule has 0 aromatic heterocycles. The number of thiol groups is 1. The van der Waals surface area contributed by atoms with Gasteiger partial charge in [-0.1, -0.05) is 36.4 Å². The molecule has 3 rings (SSSR count). The van der Waals surface area contributed by atoms with Gasteiger partial charge in [-0.05, 0) is 61.1 Å². The van der Waals surface area contributed by atoms with E-state index in [9.17, 15) is 14.7 Å². The van der Waals surface area contributed by atoms with Gasteiger partial charge in [0.2, 0.25) is 0 Å². The fourth-order valence-corrected chi connectivity index (χ4v) is 4.60. The summed E-state index contributed by atoms with van der Waals surface area (Å²) in [5.74, 6) is -0.716. The lowest BCUT2D eigenvalue weighted by Gasteiger charge is -2.19. The Labute approximate surface area is 200 Å². The Balaban J connectivity index is 0.00000385. The van der Waals surface area contributed by atoms with E-state index >= 15 is 0 Å². The van der Waals surface area contributed by atoms with Crippen LogP contribution in [0.3, 0.4) is 0 Å². The zero-order valence-electron chi connectivity index (χ0n) is 18.2. The number of anilines is 1. The molecular formula is C24H33N3O3S2. The number of amides is 1. The lowest BCUT2D eigenvalue weighted by atomic mass is 9.98. The van der Waals surface area contributed by atoms with Crippen LogP contribution in [-0.4, -0.2) is 59.4 Å². The van der Waals surface area contributed by atoms with Gasteiger partial charge in [-0.2, -0.15) is 24.4 Å². The third kappa shape index (κ3) is 6.92. The number of carboxylic acid groups (broad SMARTS) is 1. The first kappa shape index (κ1) is 24.5. The maximum atomic E-state index is 13.2. The molecule has 0 saturated carbocycles. The smallest absolute Gasteiger partial charge is 0.326 e. The third-order valence-corrected chi connectivity index (χ3v) is 6.91. The molecule has 1 aliphatic rings. The highest BCUT2D eigenvalue weighted by molar-refractivity contribution is 7.98. The minimum absolute atomic E-state index is 0. The molecule has 174 valence electrons. The van der Waals surface area contributed by atoms with Crippen molar-refractivity contribution >= 4 is 42.0 Å². The van der Waals surface area contributed by atoms with Crippen molar-refractivity contribution in [3.63, 3.8) is 0 Å². The average Bonchev–Trinajstić information content (AvgIpc) is 3.20. The first-order chi connectivity index (χ1) is 15.5. The SMILES string of the molecule is CSCC[C@H](NC(=O)c1cc(NCC2NCCC2S)ccc1Cc1ccccc1)C(=O)O.[HH]. The van der Waals surface area contributed by atoms with Crippen LogP contribution in [0.1, 0.15) is 35.8 Å². The van der Waals surface area contributed by atoms with Crippen LogP contribution in [0.15, 0.2) is 48.5 Å². The molecule has 1 aliphatic heterocycles. The van der Waals surface area contributed by atoms with E-state index in [-0.39, 0.29) is 13.4 Å². The molecule has 3 atom stereocenters. The third-order valence-electron chi connectivity index (χ3n) is 5.64. The van der Waals surface area contributed by atoms with E-state index < -0.39 is 12.0 Å². The molecule has 1 amide bonds. The molecule has 0 bridgehead atoms. The number of hydrogen-bond donors (Lipinski definition) is 5. The molecule has 1 heterocycles. The molecular weight excluding hydrogens is 442 g/mol.